The van der Waals surface area contributed by atoms with Gasteiger partial charge in [-0.1, -0.05) is 0 Å². The summed E-state index contributed by atoms with van der Waals surface area (Å²) in [6.07, 6.45) is 3.28. The highest BCUT2D eigenvalue weighted by Crippen LogP contribution is 2.39. The van der Waals surface area contributed by atoms with Crippen molar-refractivity contribution >= 4 is 10.0 Å². The SMILES string of the molecule is N#Cc1ccc(S(=O)(=O)N2C3CCC2CC(N)C3)cc1. The number of nitrogens with two attached hydrogens (primary N) is 1. The number of hydrogen-bond acceptors (Lipinski definition) is 4. The Kier molecular flexibility index (Phi) is 3.28. The second-order valence-electron chi connectivity index (χ2n) is 5.59. The molecule has 0 amide bonds. The van der Waals surface area contributed by atoms with Crippen molar-refractivity contribution in [1.82, 2.24) is 4.31 Å². The number of benzene rings is 1. The van der Waals surface area contributed by atoms with Gasteiger partial charge in [-0.2, -0.15) is 9.57 Å². The van der Waals surface area contributed by atoms with E-state index < -0.39 is 10.0 Å². The van der Waals surface area contributed by atoms with Gasteiger partial charge in [0.2, 0.25) is 10.0 Å². The van der Waals surface area contributed by atoms with Crippen molar-refractivity contribution in [1.29, 1.82) is 5.26 Å². The van der Waals surface area contributed by atoms with Crippen LogP contribution in [0.4, 0.5) is 0 Å². The number of fused-ring (bicyclic) bond motifs is 2. The number of rotatable bonds is 2. The largest absolute Gasteiger partial charge is 0.328 e. The monoisotopic (exact) mass is 291 g/mol. The average Bonchev–Trinajstić information content (AvgIpc) is 2.72. The number of hydrogen-bond donors (Lipinski definition) is 1. The number of sulfonamides is 1. The van der Waals surface area contributed by atoms with Gasteiger partial charge < -0.3 is 5.73 Å². The van der Waals surface area contributed by atoms with Crippen LogP contribution in [-0.2, 0) is 10.0 Å². The summed E-state index contributed by atoms with van der Waals surface area (Å²) in [5, 5.41) is 8.78. The zero-order chi connectivity index (χ0) is 14.3. The van der Waals surface area contributed by atoms with Crippen LogP contribution in [0.25, 0.3) is 0 Å². The fourth-order valence-corrected chi connectivity index (χ4v) is 5.28. The highest BCUT2D eigenvalue weighted by atomic mass is 32.2. The minimum Gasteiger partial charge on any atom is -0.328 e. The third-order valence-electron chi connectivity index (χ3n) is 4.26. The lowest BCUT2D eigenvalue weighted by Crippen LogP contribution is -2.49. The molecule has 2 saturated heterocycles. The normalized spacial score (nSPS) is 30.1. The Bertz CT molecular complexity index is 634. The summed E-state index contributed by atoms with van der Waals surface area (Å²) in [4.78, 5) is 0.267. The molecule has 0 spiro atoms. The highest BCUT2D eigenvalue weighted by molar-refractivity contribution is 7.89. The quantitative estimate of drug-likeness (QED) is 0.887. The molecule has 0 radical (unpaired) electrons. The van der Waals surface area contributed by atoms with E-state index in [1.54, 1.807) is 16.4 Å². The van der Waals surface area contributed by atoms with E-state index in [-0.39, 0.29) is 23.0 Å². The molecule has 6 heteroatoms. The van der Waals surface area contributed by atoms with Gasteiger partial charge >= 0.3 is 0 Å². The van der Waals surface area contributed by atoms with E-state index in [1.807, 2.05) is 6.07 Å². The van der Waals surface area contributed by atoms with E-state index in [4.69, 9.17) is 11.0 Å². The van der Waals surface area contributed by atoms with Gasteiger partial charge in [-0.25, -0.2) is 8.42 Å². The molecule has 5 nitrogen and oxygen atoms in total. The minimum absolute atomic E-state index is 0.0318. The Balaban J connectivity index is 1.94. The second-order valence-corrected chi connectivity index (χ2v) is 7.43. The molecular formula is C14H17N3O2S. The van der Waals surface area contributed by atoms with Crippen molar-refractivity contribution < 1.29 is 8.42 Å². The van der Waals surface area contributed by atoms with Crippen molar-refractivity contribution in [3.8, 4) is 6.07 Å². The van der Waals surface area contributed by atoms with Crippen LogP contribution in [0.15, 0.2) is 29.2 Å². The summed E-state index contributed by atoms with van der Waals surface area (Å²) < 4.78 is 27.2. The topological polar surface area (TPSA) is 87.2 Å². The van der Waals surface area contributed by atoms with Gasteiger partial charge in [0, 0.05) is 18.1 Å². The molecule has 3 rings (SSSR count). The Labute approximate surface area is 119 Å². The molecular weight excluding hydrogens is 274 g/mol. The summed E-state index contributed by atoms with van der Waals surface area (Å²) in [6.45, 7) is 0. The Morgan fingerprint density at radius 1 is 1.15 bits per heavy atom. The van der Waals surface area contributed by atoms with E-state index in [9.17, 15) is 8.42 Å². The van der Waals surface area contributed by atoms with Crippen LogP contribution in [0.5, 0.6) is 0 Å². The maximum atomic E-state index is 12.8. The van der Waals surface area contributed by atoms with Gasteiger partial charge in [0.15, 0.2) is 0 Å². The molecule has 1 aromatic rings. The molecule has 2 unspecified atom stereocenters. The van der Waals surface area contributed by atoms with Crippen molar-refractivity contribution in [3.63, 3.8) is 0 Å². The highest BCUT2D eigenvalue weighted by Gasteiger charge is 2.46. The minimum atomic E-state index is -3.48. The summed E-state index contributed by atoms with van der Waals surface area (Å²) in [5.74, 6) is 0. The van der Waals surface area contributed by atoms with Crippen molar-refractivity contribution in [2.24, 2.45) is 5.73 Å². The predicted octanol–water partition coefficient (Wildman–Crippen LogP) is 1.20. The summed E-state index contributed by atoms with van der Waals surface area (Å²) in [5.41, 5.74) is 6.45. The zero-order valence-corrected chi connectivity index (χ0v) is 11.9. The van der Waals surface area contributed by atoms with Crippen LogP contribution in [0.3, 0.4) is 0 Å². The smallest absolute Gasteiger partial charge is 0.243 e. The lowest BCUT2D eigenvalue weighted by molar-refractivity contribution is 0.227. The predicted molar refractivity (Wildman–Crippen MR) is 74.2 cm³/mol. The fourth-order valence-electron chi connectivity index (χ4n) is 3.39. The van der Waals surface area contributed by atoms with Crippen molar-refractivity contribution in [2.75, 3.05) is 0 Å². The molecule has 1 aromatic carbocycles. The maximum absolute atomic E-state index is 12.8. The van der Waals surface area contributed by atoms with Gasteiger partial charge in [0.25, 0.3) is 0 Å². The average molecular weight is 291 g/mol. The Hall–Kier alpha value is -1.42. The molecule has 2 aliphatic rings. The van der Waals surface area contributed by atoms with Crippen LogP contribution < -0.4 is 5.73 Å². The zero-order valence-electron chi connectivity index (χ0n) is 11.1. The molecule has 2 fully saturated rings. The van der Waals surface area contributed by atoms with E-state index in [1.165, 1.54) is 12.1 Å². The van der Waals surface area contributed by atoms with Gasteiger partial charge in [-0.05, 0) is 49.9 Å². The van der Waals surface area contributed by atoms with E-state index in [0.29, 0.717) is 5.56 Å². The molecule has 106 valence electrons. The van der Waals surface area contributed by atoms with Crippen LogP contribution in [-0.4, -0.2) is 30.8 Å². The van der Waals surface area contributed by atoms with Gasteiger partial charge in [-0.15, -0.1) is 0 Å². The van der Waals surface area contributed by atoms with E-state index in [0.717, 1.165) is 25.7 Å². The fraction of sp³-hybridized carbons (Fsp3) is 0.500. The van der Waals surface area contributed by atoms with Crippen LogP contribution in [0, 0.1) is 11.3 Å². The molecule has 2 aliphatic heterocycles. The lowest BCUT2D eigenvalue weighted by Gasteiger charge is -2.36. The molecule has 20 heavy (non-hydrogen) atoms. The number of nitrogens with zero attached hydrogens (tertiary/aromatic N) is 2. The van der Waals surface area contributed by atoms with Crippen molar-refractivity contribution in [3.05, 3.63) is 29.8 Å². The lowest BCUT2D eigenvalue weighted by atomic mass is 10.0. The summed E-state index contributed by atoms with van der Waals surface area (Å²) in [7, 11) is -3.48. The standard InChI is InChI=1S/C14H17N3O2S/c15-9-10-1-5-14(6-2-10)20(18,19)17-12-3-4-13(17)8-11(16)7-12/h1-2,5-6,11-13H,3-4,7-8,16H2. The van der Waals surface area contributed by atoms with Crippen molar-refractivity contribution in [2.45, 2.75) is 48.7 Å². The maximum Gasteiger partial charge on any atom is 0.243 e. The molecule has 2 atom stereocenters. The van der Waals surface area contributed by atoms with E-state index >= 15 is 0 Å². The van der Waals surface area contributed by atoms with Gasteiger partial charge in [0.1, 0.15) is 0 Å². The first-order valence-electron chi connectivity index (χ1n) is 6.81. The molecule has 0 saturated carbocycles. The van der Waals surface area contributed by atoms with Gasteiger partial charge in [-0.3, -0.25) is 0 Å². The molecule has 2 heterocycles. The van der Waals surface area contributed by atoms with Gasteiger partial charge in [0.05, 0.1) is 16.5 Å². The number of nitriles is 1. The first-order valence-corrected chi connectivity index (χ1v) is 8.25. The molecule has 0 aromatic heterocycles. The second kappa shape index (κ2) is 4.85. The summed E-state index contributed by atoms with van der Waals surface area (Å²) >= 11 is 0. The third-order valence-corrected chi connectivity index (χ3v) is 6.28. The molecule has 2 bridgehead atoms. The molecule has 2 N–H and O–H groups in total. The first kappa shape index (κ1) is 13.6. The Morgan fingerprint density at radius 2 is 1.70 bits per heavy atom. The van der Waals surface area contributed by atoms with Crippen LogP contribution in [0.1, 0.15) is 31.2 Å². The van der Waals surface area contributed by atoms with E-state index in [2.05, 4.69) is 0 Å². The summed E-state index contributed by atoms with van der Waals surface area (Å²) in [6, 6.07) is 8.29. The third kappa shape index (κ3) is 2.12. The molecule has 0 aliphatic carbocycles. The van der Waals surface area contributed by atoms with Crippen LogP contribution in [0.2, 0.25) is 0 Å². The number of piperidine rings is 1. The Morgan fingerprint density at radius 3 is 2.20 bits per heavy atom. The van der Waals surface area contributed by atoms with Crippen LogP contribution >= 0.6 is 0 Å². The first-order chi connectivity index (χ1) is 9.52.